The smallest absolute Gasteiger partial charge is 0.116 e. The summed E-state index contributed by atoms with van der Waals surface area (Å²) in [6.07, 6.45) is 4.23. The van der Waals surface area contributed by atoms with Crippen LogP contribution in [0.15, 0.2) is 23.6 Å². The predicted molar refractivity (Wildman–Crippen MR) is 55.1 cm³/mol. The molecule has 1 aromatic heterocycles. The van der Waals surface area contributed by atoms with E-state index in [0.29, 0.717) is 5.25 Å². The lowest BCUT2D eigenvalue weighted by atomic mass is 10.1. The summed E-state index contributed by atoms with van der Waals surface area (Å²) in [6, 6.07) is 2.11. The minimum atomic E-state index is 0.212. The fraction of sp³-hybridized carbons (Fsp3) is 0.556. The van der Waals surface area contributed by atoms with Crippen molar-refractivity contribution < 1.29 is 4.74 Å². The molecule has 0 radical (unpaired) electrons. The summed E-state index contributed by atoms with van der Waals surface area (Å²) >= 11 is 1.67. The second kappa shape index (κ2) is 4.72. The van der Waals surface area contributed by atoms with Crippen LogP contribution in [0.25, 0.3) is 0 Å². The van der Waals surface area contributed by atoms with Gasteiger partial charge >= 0.3 is 0 Å². The molecule has 0 aliphatic carbocycles. The Bertz CT molecular complexity index is 283. The maximum atomic E-state index is 5.98. The van der Waals surface area contributed by atoms with Gasteiger partial charge in [-0.1, -0.05) is 11.8 Å². The molecule has 1 saturated heterocycles. The first-order chi connectivity index (χ1) is 6.86. The van der Waals surface area contributed by atoms with Crippen molar-refractivity contribution in [2.24, 2.45) is 5.73 Å². The molecule has 1 fully saturated rings. The van der Waals surface area contributed by atoms with E-state index >= 15 is 0 Å². The van der Waals surface area contributed by atoms with Gasteiger partial charge in [0.15, 0.2) is 0 Å². The van der Waals surface area contributed by atoms with Gasteiger partial charge in [-0.15, -0.1) is 0 Å². The van der Waals surface area contributed by atoms with Crippen molar-refractivity contribution in [3.05, 3.63) is 18.6 Å². The highest BCUT2D eigenvalue weighted by Crippen LogP contribution is 2.25. The molecule has 1 aliphatic rings. The molecule has 2 atom stereocenters. The summed E-state index contributed by atoms with van der Waals surface area (Å²) in [5, 5.41) is 1.28. The summed E-state index contributed by atoms with van der Waals surface area (Å²) in [4.78, 5) is 8.02. The van der Waals surface area contributed by atoms with Crippen LogP contribution in [-0.4, -0.2) is 34.5 Å². The van der Waals surface area contributed by atoms with Crippen molar-refractivity contribution in [1.82, 2.24) is 9.97 Å². The molecule has 0 spiro atoms. The lowest BCUT2D eigenvalue weighted by Crippen LogP contribution is -2.40. The molecule has 2 unspecified atom stereocenters. The number of rotatable bonds is 2. The lowest BCUT2D eigenvalue weighted by Gasteiger charge is -2.27. The summed E-state index contributed by atoms with van der Waals surface area (Å²) in [6.45, 7) is 1.50. The number of thioether (sulfide) groups is 1. The van der Waals surface area contributed by atoms with Crippen LogP contribution in [0.5, 0.6) is 0 Å². The molecular formula is C9H13N3OS. The van der Waals surface area contributed by atoms with E-state index in [1.807, 2.05) is 6.07 Å². The number of aromatic nitrogens is 2. The van der Waals surface area contributed by atoms with Crippen LogP contribution in [0.1, 0.15) is 6.42 Å². The fourth-order valence-corrected chi connectivity index (χ4v) is 2.39. The van der Waals surface area contributed by atoms with Crippen molar-refractivity contribution in [3.63, 3.8) is 0 Å². The topological polar surface area (TPSA) is 61.0 Å². The van der Waals surface area contributed by atoms with Gasteiger partial charge in [-0.05, 0) is 12.5 Å². The third kappa shape index (κ3) is 2.43. The summed E-state index contributed by atoms with van der Waals surface area (Å²) in [5.41, 5.74) is 5.98. The van der Waals surface area contributed by atoms with E-state index in [4.69, 9.17) is 10.5 Å². The Morgan fingerprint density at radius 2 is 2.50 bits per heavy atom. The Kier molecular flexibility index (Phi) is 3.34. The van der Waals surface area contributed by atoms with E-state index in [0.717, 1.165) is 24.7 Å². The molecule has 76 valence electrons. The maximum Gasteiger partial charge on any atom is 0.116 e. The van der Waals surface area contributed by atoms with Crippen LogP contribution in [0.3, 0.4) is 0 Å². The van der Waals surface area contributed by atoms with E-state index in [9.17, 15) is 0 Å². The Morgan fingerprint density at radius 3 is 3.21 bits per heavy atom. The van der Waals surface area contributed by atoms with E-state index in [1.165, 1.54) is 0 Å². The molecule has 0 saturated carbocycles. The van der Waals surface area contributed by atoms with Gasteiger partial charge in [0.1, 0.15) is 6.33 Å². The molecule has 4 nitrogen and oxygen atoms in total. The first-order valence-corrected chi connectivity index (χ1v) is 5.50. The number of nitrogens with two attached hydrogens (primary N) is 1. The molecule has 0 bridgehead atoms. The lowest BCUT2D eigenvalue weighted by molar-refractivity contribution is 0.0915. The maximum absolute atomic E-state index is 5.98. The second-order valence-electron chi connectivity index (χ2n) is 3.23. The van der Waals surface area contributed by atoms with Crippen LogP contribution in [0.4, 0.5) is 0 Å². The largest absolute Gasteiger partial charge is 0.380 e. The number of nitrogens with zero attached hydrogens (tertiary/aromatic N) is 2. The highest BCUT2D eigenvalue weighted by atomic mass is 32.2. The quantitative estimate of drug-likeness (QED) is 0.729. The van der Waals surface area contributed by atoms with Crippen LogP contribution in [-0.2, 0) is 4.74 Å². The third-order valence-corrected chi connectivity index (χ3v) is 3.45. The minimum absolute atomic E-state index is 0.212. The van der Waals surface area contributed by atoms with Crippen LogP contribution >= 0.6 is 11.8 Å². The monoisotopic (exact) mass is 211 g/mol. The molecule has 1 aromatic rings. The zero-order valence-electron chi connectivity index (χ0n) is 7.80. The van der Waals surface area contributed by atoms with Gasteiger partial charge in [0.25, 0.3) is 0 Å². The first kappa shape index (κ1) is 9.89. The Balaban J connectivity index is 1.96. The highest BCUT2D eigenvalue weighted by Gasteiger charge is 2.23. The standard InChI is InChI=1S/C9H13N3OS/c10-7-2-4-13-5-8(7)14-9-1-3-11-6-12-9/h1,3,6-8H,2,4-5,10H2. The number of hydrogen-bond donors (Lipinski definition) is 1. The van der Waals surface area contributed by atoms with Gasteiger partial charge in [0, 0.05) is 24.1 Å². The van der Waals surface area contributed by atoms with Gasteiger partial charge in [0.05, 0.1) is 11.6 Å². The van der Waals surface area contributed by atoms with Crippen molar-refractivity contribution in [2.75, 3.05) is 13.2 Å². The van der Waals surface area contributed by atoms with Crippen molar-refractivity contribution in [1.29, 1.82) is 0 Å². The van der Waals surface area contributed by atoms with Crippen LogP contribution in [0, 0.1) is 0 Å². The molecule has 2 heterocycles. The van der Waals surface area contributed by atoms with Crippen LogP contribution in [0.2, 0.25) is 0 Å². The molecule has 0 amide bonds. The zero-order valence-corrected chi connectivity index (χ0v) is 8.61. The normalized spacial score (nSPS) is 27.5. The molecule has 2 rings (SSSR count). The predicted octanol–water partition coefficient (Wildman–Crippen LogP) is 0.685. The first-order valence-electron chi connectivity index (χ1n) is 4.62. The van der Waals surface area contributed by atoms with E-state index < -0.39 is 0 Å². The van der Waals surface area contributed by atoms with Gasteiger partial charge < -0.3 is 10.5 Å². The van der Waals surface area contributed by atoms with Crippen LogP contribution < -0.4 is 5.73 Å². The minimum Gasteiger partial charge on any atom is -0.380 e. The van der Waals surface area contributed by atoms with Gasteiger partial charge in [-0.2, -0.15) is 0 Å². The average molecular weight is 211 g/mol. The van der Waals surface area contributed by atoms with E-state index in [1.54, 1.807) is 24.3 Å². The summed E-state index contributed by atoms with van der Waals surface area (Å²) < 4.78 is 5.38. The van der Waals surface area contributed by atoms with Gasteiger partial charge in [-0.25, -0.2) is 9.97 Å². The van der Waals surface area contributed by atoms with Gasteiger partial charge in [-0.3, -0.25) is 0 Å². The molecule has 14 heavy (non-hydrogen) atoms. The molecule has 5 heteroatoms. The highest BCUT2D eigenvalue weighted by molar-refractivity contribution is 8.00. The number of ether oxygens (including phenoxy) is 1. The van der Waals surface area contributed by atoms with Gasteiger partial charge in [0.2, 0.25) is 0 Å². The Labute approximate surface area is 87.3 Å². The summed E-state index contributed by atoms with van der Waals surface area (Å²) in [5.74, 6) is 0. The molecule has 1 aliphatic heterocycles. The molecule has 0 aromatic carbocycles. The Hall–Kier alpha value is -0.650. The molecule has 2 N–H and O–H groups in total. The fourth-order valence-electron chi connectivity index (χ4n) is 1.35. The van der Waals surface area contributed by atoms with Crippen molar-refractivity contribution >= 4 is 11.8 Å². The van der Waals surface area contributed by atoms with Crippen molar-refractivity contribution in [2.45, 2.75) is 22.7 Å². The number of hydrogen-bond acceptors (Lipinski definition) is 5. The third-order valence-electron chi connectivity index (χ3n) is 2.18. The SMILES string of the molecule is NC1CCOCC1Sc1ccncn1. The average Bonchev–Trinajstić information content (AvgIpc) is 2.23. The second-order valence-corrected chi connectivity index (χ2v) is 4.49. The van der Waals surface area contributed by atoms with E-state index in [-0.39, 0.29) is 6.04 Å². The van der Waals surface area contributed by atoms with E-state index in [2.05, 4.69) is 9.97 Å². The molecular weight excluding hydrogens is 198 g/mol. The Morgan fingerprint density at radius 1 is 1.57 bits per heavy atom. The van der Waals surface area contributed by atoms with Crippen molar-refractivity contribution in [3.8, 4) is 0 Å². The summed E-state index contributed by atoms with van der Waals surface area (Å²) in [7, 11) is 0. The zero-order chi connectivity index (χ0) is 9.80.